The fraction of sp³-hybridized carbons (Fsp3) is 0.571. The number of ether oxygens (including phenoxy) is 3. The first-order chi connectivity index (χ1) is 15.1. The molecule has 3 rings (SSSR count). The molecule has 2 unspecified atom stereocenters. The maximum atomic E-state index is 13.4. The smallest absolute Gasteiger partial charge is 0.335 e. The molecule has 9 nitrogen and oxygen atoms in total. The Morgan fingerprint density at radius 2 is 2.03 bits per heavy atom. The summed E-state index contributed by atoms with van der Waals surface area (Å²) in [7, 11) is -4.12. The summed E-state index contributed by atoms with van der Waals surface area (Å²) in [6.45, 7) is 2.65. The summed E-state index contributed by atoms with van der Waals surface area (Å²) >= 11 is 0. The van der Waals surface area contributed by atoms with E-state index in [9.17, 15) is 27.8 Å². The SMILES string of the molecule is CCOC(=O)C1=CC2(CCC1S(=O)(=O)Nc1ccc(F)cc1C)O[C@H](CO)[C@@H](CCO)O2. The monoisotopic (exact) mass is 473 g/mol. The molecule has 0 radical (unpaired) electrons. The standard InChI is InChI=1S/C21H28FNO8S/c1-3-29-20(26)15-11-21(30-17(7-9-24)18(12-25)31-21)8-6-19(15)32(27,28)23-16-5-4-14(22)10-13(16)2/h4-5,10-11,17-19,23-25H,3,6-9,12H2,1-2H3/t17-,18-,19?,21?/m1/s1. The molecular formula is C21H28FNO8S. The quantitative estimate of drug-likeness (QED) is 0.483. The van der Waals surface area contributed by atoms with Crippen molar-refractivity contribution in [3.8, 4) is 0 Å². The molecule has 4 atom stereocenters. The molecule has 1 saturated heterocycles. The molecule has 2 aliphatic rings. The van der Waals surface area contributed by atoms with E-state index in [1.165, 1.54) is 18.2 Å². The number of sulfonamides is 1. The number of halogens is 1. The lowest BCUT2D eigenvalue weighted by Gasteiger charge is -2.33. The number of carbonyl (C=O) groups is 1. The first-order valence-corrected chi connectivity index (χ1v) is 11.9. The molecule has 1 aliphatic carbocycles. The molecular weight excluding hydrogens is 445 g/mol. The number of rotatable bonds is 8. The number of carbonyl (C=O) groups excluding carboxylic acids is 1. The molecule has 1 aliphatic heterocycles. The summed E-state index contributed by atoms with van der Waals surface area (Å²) in [5.41, 5.74) is 0.445. The van der Waals surface area contributed by atoms with Gasteiger partial charge in [0.15, 0.2) is 5.79 Å². The minimum atomic E-state index is -4.12. The zero-order valence-electron chi connectivity index (χ0n) is 17.9. The highest BCUT2D eigenvalue weighted by Crippen LogP contribution is 2.42. The van der Waals surface area contributed by atoms with Gasteiger partial charge in [0.1, 0.15) is 17.2 Å². The zero-order chi connectivity index (χ0) is 23.5. The lowest BCUT2D eigenvalue weighted by atomic mass is 9.94. The van der Waals surface area contributed by atoms with E-state index in [1.54, 1.807) is 13.8 Å². The van der Waals surface area contributed by atoms with Crippen LogP contribution in [0.5, 0.6) is 0 Å². The van der Waals surface area contributed by atoms with Gasteiger partial charge in [-0.15, -0.1) is 0 Å². The first kappa shape index (κ1) is 24.6. The molecule has 32 heavy (non-hydrogen) atoms. The molecule has 1 spiro atoms. The number of aryl methyl sites for hydroxylation is 1. The number of nitrogens with one attached hydrogen (secondary N) is 1. The molecule has 1 fully saturated rings. The van der Waals surface area contributed by atoms with Crippen molar-refractivity contribution >= 4 is 21.7 Å². The van der Waals surface area contributed by atoms with Crippen molar-refractivity contribution in [1.82, 2.24) is 0 Å². The van der Waals surface area contributed by atoms with E-state index in [0.717, 1.165) is 6.07 Å². The van der Waals surface area contributed by atoms with Crippen molar-refractivity contribution in [2.75, 3.05) is 24.5 Å². The van der Waals surface area contributed by atoms with Crippen LogP contribution in [0.3, 0.4) is 0 Å². The second-order valence-corrected chi connectivity index (χ2v) is 9.64. The third kappa shape index (κ3) is 5.12. The number of aliphatic hydroxyl groups is 2. The number of aliphatic hydroxyl groups excluding tert-OH is 2. The Bertz CT molecular complexity index is 982. The maximum Gasteiger partial charge on any atom is 0.335 e. The Balaban J connectivity index is 1.94. The van der Waals surface area contributed by atoms with E-state index >= 15 is 0 Å². The van der Waals surface area contributed by atoms with Crippen LogP contribution in [-0.4, -0.2) is 67.7 Å². The molecule has 3 N–H and O–H groups in total. The lowest BCUT2D eigenvalue weighted by molar-refractivity contribution is -0.153. The summed E-state index contributed by atoms with van der Waals surface area (Å²) in [6.07, 6.45) is 0.248. The van der Waals surface area contributed by atoms with Crippen LogP contribution >= 0.6 is 0 Å². The molecule has 0 amide bonds. The van der Waals surface area contributed by atoms with Gasteiger partial charge in [0.25, 0.3) is 0 Å². The summed E-state index contributed by atoms with van der Waals surface area (Å²) in [4.78, 5) is 12.7. The molecule has 1 aromatic rings. The Labute approximate surface area is 186 Å². The van der Waals surface area contributed by atoms with Crippen molar-refractivity contribution in [2.45, 2.75) is 56.4 Å². The average molecular weight is 474 g/mol. The van der Waals surface area contributed by atoms with Gasteiger partial charge < -0.3 is 24.4 Å². The van der Waals surface area contributed by atoms with E-state index in [0.29, 0.717) is 5.56 Å². The number of esters is 1. The first-order valence-electron chi connectivity index (χ1n) is 10.4. The normalized spacial score (nSPS) is 27.9. The van der Waals surface area contributed by atoms with Gasteiger partial charge >= 0.3 is 5.97 Å². The Morgan fingerprint density at radius 1 is 1.31 bits per heavy atom. The Hall–Kier alpha value is -2.05. The van der Waals surface area contributed by atoms with Crippen LogP contribution in [0.15, 0.2) is 29.8 Å². The van der Waals surface area contributed by atoms with Crippen molar-refractivity contribution in [3.63, 3.8) is 0 Å². The van der Waals surface area contributed by atoms with E-state index in [4.69, 9.17) is 14.2 Å². The van der Waals surface area contributed by atoms with Gasteiger partial charge in [0.05, 0.1) is 30.6 Å². The summed E-state index contributed by atoms with van der Waals surface area (Å²) in [5.74, 6) is -2.73. The fourth-order valence-electron chi connectivity index (χ4n) is 3.99. The van der Waals surface area contributed by atoms with Crippen molar-refractivity contribution in [1.29, 1.82) is 0 Å². The lowest BCUT2D eigenvalue weighted by Crippen LogP contribution is -2.42. The molecule has 178 valence electrons. The molecule has 1 aromatic carbocycles. The van der Waals surface area contributed by atoms with Crippen LogP contribution in [0.4, 0.5) is 10.1 Å². The Morgan fingerprint density at radius 3 is 2.66 bits per heavy atom. The van der Waals surface area contributed by atoms with Gasteiger partial charge in [-0.1, -0.05) is 0 Å². The van der Waals surface area contributed by atoms with Crippen molar-refractivity contribution in [3.05, 3.63) is 41.2 Å². The van der Waals surface area contributed by atoms with Crippen LogP contribution in [0.2, 0.25) is 0 Å². The highest BCUT2D eigenvalue weighted by atomic mass is 32.2. The van der Waals surface area contributed by atoms with Gasteiger partial charge in [-0.25, -0.2) is 17.6 Å². The van der Waals surface area contributed by atoms with E-state index in [2.05, 4.69) is 4.72 Å². The second kappa shape index (κ2) is 9.84. The largest absolute Gasteiger partial charge is 0.463 e. The minimum absolute atomic E-state index is 0.0236. The summed E-state index contributed by atoms with van der Waals surface area (Å²) in [6, 6.07) is 3.65. The predicted molar refractivity (Wildman–Crippen MR) is 113 cm³/mol. The zero-order valence-corrected chi connectivity index (χ0v) is 18.7. The third-order valence-corrected chi connectivity index (χ3v) is 7.26. The van der Waals surface area contributed by atoms with Gasteiger partial charge in [-0.2, -0.15) is 0 Å². The molecule has 0 bridgehead atoms. The number of benzene rings is 1. The molecule has 11 heteroatoms. The van der Waals surface area contributed by atoms with Crippen LogP contribution in [0, 0.1) is 12.7 Å². The van der Waals surface area contributed by atoms with Gasteiger partial charge in [-0.3, -0.25) is 4.72 Å². The summed E-state index contributed by atoms with van der Waals surface area (Å²) < 4.78 is 59.1. The van der Waals surface area contributed by atoms with Crippen LogP contribution in [0.1, 0.15) is 31.7 Å². The highest BCUT2D eigenvalue weighted by Gasteiger charge is 2.51. The Kier molecular flexibility index (Phi) is 7.56. The number of hydrogen-bond donors (Lipinski definition) is 3. The third-order valence-electron chi connectivity index (χ3n) is 5.51. The number of hydrogen-bond acceptors (Lipinski definition) is 8. The van der Waals surface area contributed by atoms with Gasteiger partial charge in [0, 0.05) is 13.0 Å². The number of anilines is 1. The predicted octanol–water partition coefficient (Wildman–Crippen LogP) is 1.38. The fourth-order valence-corrected chi connectivity index (χ4v) is 5.59. The van der Waals surface area contributed by atoms with Crippen LogP contribution in [-0.2, 0) is 29.0 Å². The highest BCUT2D eigenvalue weighted by molar-refractivity contribution is 7.93. The van der Waals surface area contributed by atoms with Crippen molar-refractivity contribution < 1.29 is 42.0 Å². The summed E-state index contributed by atoms with van der Waals surface area (Å²) in [5, 5.41) is 17.6. The van der Waals surface area contributed by atoms with Crippen LogP contribution < -0.4 is 4.72 Å². The molecule has 1 heterocycles. The minimum Gasteiger partial charge on any atom is -0.463 e. The van der Waals surface area contributed by atoms with Crippen LogP contribution in [0.25, 0.3) is 0 Å². The maximum absolute atomic E-state index is 13.4. The average Bonchev–Trinajstić information content (AvgIpc) is 3.07. The molecule has 0 saturated carbocycles. The van der Waals surface area contributed by atoms with E-state index in [-0.39, 0.29) is 50.3 Å². The van der Waals surface area contributed by atoms with Crippen molar-refractivity contribution in [2.24, 2.45) is 0 Å². The second-order valence-electron chi connectivity index (χ2n) is 7.77. The molecule has 0 aromatic heterocycles. The van der Waals surface area contributed by atoms with Gasteiger partial charge in [-0.05, 0) is 56.5 Å². The van der Waals surface area contributed by atoms with E-state index < -0.39 is 45.1 Å². The van der Waals surface area contributed by atoms with Gasteiger partial charge in [0.2, 0.25) is 10.0 Å². The van der Waals surface area contributed by atoms with E-state index in [1.807, 2.05) is 0 Å². The topological polar surface area (TPSA) is 131 Å².